The minimum atomic E-state index is -1.60. The molecule has 6 nitrogen and oxygen atoms in total. The Labute approximate surface area is 538 Å². The predicted molar refractivity (Wildman–Crippen MR) is 374 cm³/mol. The number of nitrogens with zero attached hydrogens (tertiary/aromatic N) is 2. The van der Waals surface area contributed by atoms with Crippen molar-refractivity contribution in [2.75, 3.05) is 9.34 Å². The molecule has 0 saturated heterocycles. The van der Waals surface area contributed by atoms with Gasteiger partial charge in [0.2, 0.25) is 0 Å². The van der Waals surface area contributed by atoms with Gasteiger partial charge in [-0.3, -0.25) is 0 Å². The van der Waals surface area contributed by atoms with Gasteiger partial charge in [0.1, 0.15) is 22.3 Å². The first-order valence-electron chi connectivity index (χ1n) is 30.7. The molecule has 1 saturated carbocycles. The summed E-state index contributed by atoms with van der Waals surface area (Å²) in [6.45, 7) is 11.4. The van der Waals surface area contributed by atoms with E-state index in [0.29, 0.717) is 0 Å². The van der Waals surface area contributed by atoms with E-state index >= 15 is 0 Å². The van der Waals surface area contributed by atoms with E-state index in [1.165, 1.54) is 63.9 Å². The molecule has 0 aliphatic heterocycles. The van der Waals surface area contributed by atoms with Crippen LogP contribution in [0.1, 0.15) is 92.9 Å². The maximum Gasteiger partial charge on any atom is 0.310 e. The Kier molecular flexibility index (Phi) is 19.8. The molecule has 1 aliphatic carbocycles. The fraction of sp³-hybridized carbons (Fsp3) is 0.138. The van der Waals surface area contributed by atoms with Crippen molar-refractivity contribution in [3.8, 4) is 0 Å². The molecule has 12 aromatic carbocycles. The number of rotatable bonds is 10. The van der Waals surface area contributed by atoms with Gasteiger partial charge in [-0.25, -0.2) is 4.67 Å². The minimum absolute atomic E-state index is 0. The topological polar surface area (TPSA) is 59.0 Å². The summed E-state index contributed by atoms with van der Waals surface area (Å²) in [7, 11) is -3.14. The van der Waals surface area contributed by atoms with Crippen molar-refractivity contribution < 1.29 is 36.9 Å². The number of fused-ring (bicyclic) bond motifs is 14. The molecule has 15 rings (SSSR count). The zero-order valence-corrected chi connectivity index (χ0v) is 54.5. The van der Waals surface area contributed by atoms with Gasteiger partial charge in [-0.2, -0.15) is 4.67 Å². The molecule has 445 valence electrons. The Hall–Kier alpha value is -7.95. The van der Waals surface area contributed by atoms with Crippen molar-refractivity contribution in [1.29, 1.82) is 0 Å². The number of hydrogen-bond donors (Lipinski definition) is 0. The first-order chi connectivity index (χ1) is 43.4. The molecule has 9 heteroatoms. The SMILES string of the molecule is C[C@H](c1ccccc1)N([C@H](C)c1ccccc1)p1oc2ccc3ccccc3c2c2c(ccc3ccccc32)o1.[CH2-][C@H](c1ccccc1)N([C@H](C)c1ccccc1)p1oc2ccc3ccccc3c2c2c(ccc3ccccc32)o1.[CH]1[CH]CC[CH][CH]CC1.[Ir]. The average molecular weight is 1380 g/mol. The summed E-state index contributed by atoms with van der Waals surface area (Å²) >= 11 is 0. The molecule has 2 aromatic heterocycles. The van der Waals surface area contributed by atoms with E-state index in [-0.39, 0.29) is 44.3 Å². The van der Waals surface area contributed by atoms with Crippen LogP contribution >= 0.6 is 16.3 Å². The molecule has 1 fully saturated rings. The summed E-state index contributed by atoms with van der Waals surface area (Å²) in [5.74, 6) is 0. The molecule has 2 heterocycles. The van der Waals surface area contributed by atoms with E-state index in [1.807, 2.05) is 12.1 Å². The van der Waals surface area contributed by atoms with Crippen molar-refractivity contribution in [2.45, 2.75) is 70.6 Å². The Bertz CT molecular complexity index is 4150. The maximum atomic E-state index is 7.01. The second-order valence-corrected chi connectivity index (χ2v) is 25.1. The van der Waals surface area contributed by atoms with Gasteiger partial charge < -0.3 is 23.7 Å². The molecular weight excluding hydrogens is 1310 g/mol. The molecule has 0 bridgehead atoms. The molecule has 1 aliphatic rings. The predicted octanol–water partition coefficient (Wildman–Crippen LogP) is 24.3. The second-order valence-electron chi connectivity index (χ2n) is 22.5. The van der Waals surface area contributed by atoms with E-state index < -0.39 is 16.3 Å². The third kappa shape index (κ3) is 13.2. The number of benzene rings is 12. The van der Waals surface area contributed by atoms with E-state index in [2.05, 4.69) is 318 Å². The minimum Gasteiger partial charge on any atom is -0.408 e. The van der Waals surface area contributed by atoms with E-state index in [1.54, 1.807) is 0 Å². The largest absolute Gasteiger partial charge is 0.408 e. The molecule has 0 N–H and O–H groups in total. The van der Waals surface area contributed by atoms with Crippen LogP contribution in [-0.4, -0.2) is 0 Å². The smallest absolute Gasteiger partial charge is 0.310 e. The Morgan fingerprint density at radius 1 is 0.292 bits per heavy atom. The van der Waals surface area contributed by atoms with E-state index in [9.17, 15) is 0 Å². The second kappa shape index (κ2) is 28.7. The van der Waals surface area contributed by atoms with Gasteiger partial charge in [0, 0.05) is 59.8 Å². The summed E-state index contributed by atoms with van der Waals surface area (Å²) in [5, 5.41) is 13.7. The van der Waals surface area contributed by atoms with Gasteiger partial charge in [0.05, 0.1) is 0 Å². The Morgan fingerprint density at radius 3 is 0.820 bits per heavy atom. The molecule has 0 unspecified atom stereocenters. The molecule has 5 radical (unpaired) electrons. The van der Waals surface area contributed by atoms with E-state index in [4.69, 9.17) is 16.8 Å². The van der Waals surface area contributed by atoms with Crippen LogP contribution in [0.4, 0.5) is 0 Å². The molecule has 4 atom stereocenters. The third-order valence-electron chi connectivity index (χ3n) is 17.0. The van der Waals surface area contributed by atoms with Crippen LogP contribution < -0.4 is 9.34 Å². The van der Waals surface area contributed by atoms with Gasteiger partial charge in [0.25, 0.3) is 0 Å². The fourth-order valence-corrected chi connectivity index (χ4v) is 15.7. The standard InChI is InChI=1S/C36H30NO2P.C36H29NO2P.C8H12.Ir/c2*1-25(27-13-5-3-6-14-27)37(26(2)28-15-7-4-8-16-28)40-38-33-23-21-29-17-9-11-19-31(29)35(33)36-32-20-12-10-18-30(32)22-24-34(36)39-40;1-2-4-6-8-7-5-3-1;/h3-26H,1-2H3;3-26H,1H2,2H3;1-2,7-8H,3-6H2;/q;-1;;/t2*25-,26-;;/m11../s1. The first kappa shape index (κ1) is 61.3. The van der Waals surface area contributed by atoms with Crippen molar-refractivity contribution in [1.82, 2.24) is 0 Å². The normalized spacial score (nSPS) is 14.1. The van der Waals surface area contributed by atoms with Gasteiger partial charge in [-0.1, -0.05) is 254 Å². The molecule has 0 amide bonds. The summed E-state index contributed by atoms with van der Waals surface area (Å²) in [6.07, 6.45) is 14.0. The summed E-state index contributed by atoms with van der Waals surface area (Å²) in [6, 6.07) is 93.2. The molecule has 0 spiro atoms. The molecule has 89 heavy (non-hydrogen) atoms. The fourth-order valence-electron chi connectivity index (χ4n) is 12.4. The van der Waals surface area contributed by atoms with Gasteiger partial charge in [-0.05, 0) is 156 Å². The Balaban J connectivity index is 0.000000152. The van der Waals surface area contributed by atoms with Crippen molar-refractivity contribution in [3.63, 3.8) is 0 Å². The van der Waals surface area contributed by atoms with Crippen LogP contribution in [0.25, 0.3) is 87.0 Å². The average Bonchev–Trinajstić information content (AvgIpc) is 1.87. The van der Waals surface area contributed by atoms with Gasteiger partial charge >= 0.3 is 16.3 Å². The van der Waals surface area contributed by atoms with Crippen LogP contribution in [0.15, 0.2) is 284 Å². The van der Waals surface area contributed by atoms with Crippen LogP contribution in [0.3, 0.4) is 0 Å². The van der Waals surface area contributed by atoms with Gasteiger partial charge in [0.15, 0.2) is 0 Å². The summed E-state index contributed by atoms with van der Waals surface area (Å²) in [4.78, 5) is 0. The third-order valence-corrected chi connectivity index (χ3v) is 20.5. The summed E-state index contributed by atoms with van der Waals surface area (Å²) in [5.41, 5.74) is 8.10. The Morgan fingerprint density at radius 2 is 0.528 bits per heavy atom. The van der Waals surface area contributed by atoms with Crippen molar-refractivity contribution >= 4 is 103 Å². The first-order valence-corrected chi connectivity index (χ1v) is 32.9. The zero-order valence-electron chi connectivity index (χ0n) is 50.3. The maximum absolute atomic E-state index is 7.01. The van der Waals surface area contributed by atoms with Crippen molar-refractivity contribution in [3.05, 3.63) is 322 Å². The monoisotopic (exact) mass is 1380 g/mol. The van der Waals surface area contributed by atoms with Crippen LogP contribution in [-0.2, 0) is 20.1 Å². The quantitative estimate of drug-likeness (QED) is 0.127. The van der Waals surface area contributed by atoms with Gasteiger partial charge in [-0.15, -0.1) is 0 Å². The van der Waals surface area contributed by atoms with Crippen LogP contribution in [0.2, 0.25) is 0 Å². The van der Waals surface area contributed by atoms with E-state index in [0.717, 1.165) is 71.0 Å². The molecular formula is C80H71IrN2O4P2-. The van der Waals surface area contributed by atoms with Crippen molar-refractivity contribution in [2.24, 2.45) is 0 Å². The molecule has 14 aromatic rings. The van der Waals surface area contributed by atoms with Crippen LogP contribution in [0, 0.1) is 32.6 Å². The summed E-state index contributed by atoms with van der Waals surface area (Å²) < 4.78 is 32.7. The zero-order chi connectivity index (χ0) is 59.8. The number of hydrogen-bond acceptors (Lipinski definition) is 6. The van der Waals surface area contributed by atoms with Crippen LogP contribution in [0.5, 0.6) is 0 Å².